The van der Waals surface area contributed by atoms with Crippen LogP contribution in [-0.2, 0) is 0 Å². The number of piperidine rings is 4. The molecule has 0 aromatic heterocycles. The molecule has 19 heavy (non-hydrogen) atoms. The fourth-order valence-corrected chi connectivity index (χ4v) is 5.44. The van der Waals surface area contributed by atoms with Crippen molar-refractivity contribution in [3.05, 3.63) is 0 Å². The summed E-state index contributed by atoms with van der Waals surface area (Å²) < 4.78 is 0. The lowest BCUT2D eigenvalue weighted by atomic mass is 9.71. The highest BCUT2D eigenvalue weighted by Gasteiger charge is 2.46. The van der Waals surface area contributed by atoms with Crippen LogP contribution in [0.25, 0.3) is 0 Å². The van der Waals surface area contributed by atoms with E-state index in [4.69, 9.17) is 5.73 Å². The highest BCUT2D eigenvalue weighted by atomic mass is 15.2. The summed E-state index contributed by atoms with van der Waals surface area (Å²) in [4.78, 5) is 2.70. The van der Waals surface area contributed by atoms with Gasteiger partial charge in [-0.2, -0.15) is 0 Å². The number of nitrogens with two attached hydrogens (primary N) is 1. The maximum Gasteiger partial charge on any atom is 0.0403 e. The van der Waals surface area contributed by atoms with E-state index in [0.717, 1.165) is 17.9 Å². The Labute approximate surface area is 117 Å². The first-order chi connectivity index (χ1) is 9.33. The zero-order valence-corrected chi connectivity index (χ0v) is 12.1. The van der Waals surface area contributed by atoms with E-state index in [0.29, 0.717) is 18.1 Å². The van der Waals surface area contributed by atoms with Crippen LogP contribution in [0.2, 0.25) is 0 Å². The van der Waals surface area contributed by atoms with Crippen LogP contribution < -0.4 is 11.1 Å². The SMILES string of the molecule is N[C@@H]1C2CCN(CC2)C1C1CCC2CCCCC2N1. The summed E-state index contributed by atoms with van der Waals surface area (Å²) in [7, 11) is 0. The predicted molar refractivity (Wildman–Crippen MR) is 78.0 cm³/mol. The largest absolute Gasteiger partial charge is 0.326 e. The van der Waals surface area contributed by atoms with E-state index in [-0.39, 0.29) is 0 Å². The maximum atomic E-state index is 6.58. The molecular weight excluding hydrogens is 234 g/mol. The molecule has 0 amide bonds. The fraction of sp³-hybridized carbons (Fsp3) is 1.00. The third-order valence-corrected chi connectivity index (χ3v) is 6.53. The van der Waals surface area contributed by atoms with Gasteiger partial charge in [-0.3, -0.25) is 4.90 Å². The topological polar surface area (TPSA) is 41.3 Å². The molecular formula is C16H29N3. The molecule has 2 bridgehead atoms. The first-order valence-corrected chi connectivity index (χ1v) is 8.58. The van der Waals surface area contributed by atoms with Crippen molar-refractivity contribution < 1.29 is 0 Å². The van der Waals surface area contributed by atoms with Crippen molar-refractivity contribution in [2.45, 2.75) is 75.5 Å². The summed E-state index contributed by atoms with van der Waals surface area (Å²) in [5.74, 6) is 1.78. The minimum atomic E-state index is 0.431. The summed E-state index contributed by atoms with van der Waals surface area (Å²) in [5.41, 5.74) is 6.58. The van der Waals surface area contributed by atoms with Gasteiger partial charge in [-0.15, -0.1) is 0 Å². The van der Waals surface area contributed by atoms with Crippen molar-refractivity contribution in [3.8, 4) is 0 Å². The average molecular weight is 263 g/mol. The summed E-state index contributed by atoms with van der Waals surface area (Å²) in [6.07, 6.45) is 11.3. The van der Waals surface area contributed by atoms with Crippen LogP contribution in [0.1, 0.15) is 51.4 Å². The average Bonchev–Trinajstić information content (AvgIpc) is 2.48. The monoisotopic (exact) mass is 263 g/mol. The van der Waals surface area contributed by atoms with E-state index in [1.165, 1.54) is 64.5 Å². The third-order valence-electron chi connectivity index (χ3n) is 6.53. The first kappa shape index (κ1) is 12.6. The van der Waals surface area contributed by atoms with Gasteiger partial charge in [0.2, 0.25) is 0 Å². The lowest BCUT2D eigenvalue weighted by molar-refractivity contribution is -0.00751. The van der Waals surface area contributed by atoms with Crippen molar-refractivity contribution in [2.24, 2.45) is 17.6 Å². The number of hydrogen-bond donors (Lipinski definition) is 2. The van der Waals surface area contributed by atoms with E-state index in [9.17, 15) is 0 Å². The second kappa shape index (κ2) is 5.01. The Kier molecular flexibility index (Phi) is 3.33. The summed E-state index contributed by atoms with van der Waals surface area (Å²) in [5, 5.41) is 4.02. The molecule has 3 heteroatoms. The Morgan fingerprint density at radius 2 is 1.58 bits per heavy atom. The minimum Gasteiger partial charge on any atom is -0.326 e. The lowest BCUT2D eigenvalue weighted by Crippen LogP contribution is -2.69. The standard InChI is InChI=1S/C16H29N3/c17-15-12-7-9-19(10-8-12)16(15)14-6-5-11-3-1-2-4-13(11)18-14/h11-16,18H,1-10,17H2/t11?,13?,14?,15-,16?/m1/s1. The highest BCUT2D eigenvalue weighted by molar-refractivity contribution is 5.05. The molecule has 3 N–H and O–H groups in total. The molecule has 0 aromatic carbocycles. The smallest absolute Gasteiger partial charge is 0.0403 e. The zero-order chi connectivity index (χ0) is 12.8. The van der Waals surface area contributed by atoms with Gasteiger partial charge in [0.25, 0.3) is 0 Å². The molecule has 5 fully saturated rings. The Morgan fingerprint density at radius 3 is 2.37 bits per heavy atom. The molecule has 0 aromatic rings. The van der Waals surface area contributed by atoms with Gasteiger partial charge < -0.3 is 11.1 Å². The molecule has 3 nitrogen and oxygen atoms in total. The van der Waals surface area contributed by atoms with Gasteiger partial charge in [0.1, 0.15) is 0 Å². The number of nitrogens with zero attached hydrogens (tertiary/aromatic N) is 1. The molecule has 1 aliphatic carbocycles. The van der Waals surface area contributed by atoms with Crippen molar-refractivity contribution in [3.63, 3.8) is 0 Å². The second-order valence-electron chi connectivity index (χ2n) is 7.44. The van der Waals surface area contributed by atoms with E-state index < -0.39 is 0 Å². The Bertz CT molecular complexity index is 322. The molecule has 4 heterocycles. The van der Waals surface area contributed by atoms with Gasteiger partial charge >= 0.3 is 0 Å². The molecule has 5 rings (SSSR count). The Hall–Kier alpha value is -0.120. The molecule has 5 aliphatic rings. The fourth-order valence-electron chi connectivity index (χ4n) is 5.44. The maximum absolute atomic E-state index is 6.58. The van der Waals surface area contributed by atoms with Crippen molar-refractivity contribution in [1.82, 2.24) is 10.2 Å². The Morgan fingerprint density at radius 1 is 0.789 bits per heavy atom. The summed E-state index contributed by atoms with van der Waals surface area (Å²) >= 11 is 0. The summed E-state index contributed by atoms with van der Waals surface area (Å²) in [6.45, 7) is 2.60. The number of fused-ring (bicyclic) bond motifs is 4. The molecule has 108 valence electrons. The van der Waals surface area contributed by atoms with Gasteiger partial charge in [0, 0.05) is 24.2 Å². The second-order valence-corrected chi connectivity index (χ2v) is 7.44. The van der Waals surface area contributed by atoms with Crippen LogP contribution in [0.15, 0.2) is 0 Å². The van der Waals surface area contributed by atoms with Crippen LogP contribution >= 0.6 is 0 Å². The Balaban J connectivity index is 1.47. The van der Waals surface area contributed by atoms with Crippen molar-refractivity contribution in [1.29, 1.82) is 0 Å². The normalized spacial score (nSPS) is 53.8. The number of rotatable bonds is 1. The van der Waals surface area contributed by atoms with Gasteiger partial charge in [-0.05, 0) is 63.5 Å². The van der Waals surface area contributed by atoms with Gasteiger partial charge in [-0.1, -0.05) is 12.8 Å². The van der Waals surface area contributed by atoms with Gasteiger partial charge in [-0.25, -0.2) is 0 Å². The highest BCUT2D eigenvalue weighted by Crippen LogP contribution is 2.38. The molecule has 0 spiro atoms. The first-order valence-electron chi connectivity index (χ1n) is 8.58. The van der Waals surface area contributed by atoms with Crippen molar-refractivity contribution >= 4 is 0 Å². The van der Waals surface area contributed by atoms with Gasteiger partial charge in [0.15, 0.2) is 0 Å². The van der Waals surface area contributed by atoms with Crippen LogP contribution in [0, 0.1) is 11.8 Å². The molecule has 4 saturated heterocycles. The van der Waals surface area contributed by atoms with Crippen LogP contribution in [0.5, 0.6) is 0 Å². The van der Waals surface area contributed by atoms with Crippen LogP contribution in [0.3, 0.4) is 0 Å². The van der Waals surface area contributed by atoms with Gasteiger partial charge in [0.05, 0.1) is 0 Å². The molecule has 0 radical (unpaired) electrons. The van der Waals surface area contributed by atoms with E-state index in [1.807, 2.05) is 0 Å². The molecule has 5 atom stereocenters. The third kappa shape index (κ3) is 2.14. The quantitative estimate of drug-likeness (QED) is 0.757. The number of nitrogens with one attached hydrogen (secondary N) is 1. The molecule has 4 aliphatic heterocycles. The van der Waals surface area contributed by atoms with Crippen LogP contribution in [0.4, 0.5) is 0 Å². The molecule has 1 saturated carbocycles. The van der Waals surface area contributed by atoms with Crippen LogP contribution in [-0.4, -0.2) is 42.2 Å². The molecule has 4 unspecified atom stereocenters. The zero-order valence-electron chi connectivity index (χ0n) is 12.1. The summed E-state index contributed by atoms with van der Waals surface area (Å²) in [6, 6.07) is 2.55. The number of hydrogen-bond acceptors (Lipinski definition) is 3. The van der Waals surface area contributed by atoms with Crippen molar-refractivity contribution in [2.75, 3.05) is 13.1 Å². The van der Waals surface area contributed by atoms with E-state index in [1.54, 1.807) is 0 Å². The predicted octanol–water partition coefficient (Wildman–Crippen LogP) is 1.72. The van der Waals surface area contributed by atoms with E-state index >= 15 is 0 Å². The lowest BCUT2D eigenvalue weighted by Gasteiger charge is -2.55. The van der Waals surface area contributed by atoms with E-state index in [2.05, 4.69) is 10.2 Å². The minimum absolute atomic E-state index is 0.431.